The van der Waals surface area contributed by atoms with Gasteiger partial charge in [-0.1, -0.05) is 265 Å². The molecule has 0 N–H and O–H groups in total. The first-order valence-electron chi connectivity index (χ1n) is 36.3. The van der Waals surface area contributed by atoms with Crippen molar-refractivity contribution in [2.75, 3.05) is 0 Å². The fraction of sp³-hybridized carbons (Fsp3) is 0.0526. The molecule has 12 heterocycles. The molecule has 0 amide bonds. The maximum Gasteiger partial charge on any atom is 2.00 e. The molecule has 118 heavy (non-hydrogen) atoms. The maximum absolute atomic E-state index is 4.56. The van der Waals surface area contributed by atoms with Crippen LogP contribution in [0.1, 0.15) is 22.3 Å². The van der Waals surface area contributed by atoms with Crippen molar-refractivity contribution in [2.24, 2.45) is 0 Å². The van der Waals surface area contributed by atoms with Crippen LogP contribution in [0.25, 0.3) is 0 Å². The number of aromatic nitrogens is 24. The van der Waals surface area contributed by atoms with Gasteiger partial charge in [-0.15, -0.1) is 21.9 Å². The van der Waals surface area contributed by atoms with E-state index in [1.165, 1.54) is 22.3 Å². The average molecular weight is 1850 g/mol. The molecule has 20 rings (SSSR count). The summed E-state index contributed by atoms with van der Waals surface area (Å²) in [5.41, 5.74) is 9.75. The minimum atomic E-state index is -1.61. The molecule has 588 valence electrons. The molecule has 0 atom stereocenters. The molecule has 8 aromatic carbocycles. The predicted molar refractivity (Wildman–Crippen MR) is 494 cm³/mol. The predicted octanol–water partition coefficient (Wildman–Crippen LogP) is 19.2. The summed E-state index contributed by atoms with van der Waals surface area (Å²) in [6.45, 7) is 1.91. The first-order chi connectivity index (χ1) is 57.3. The van der Waals surface area contributed by atoms with E-state index in [0.29, 0.717) is 0 Å². The topological polar surface area (TPSA) is 214 Å². The number of hydrogen-bond donors (Lipinski definition) is 0. The van der Waals surface area contributed by atoms with Crippen molar-refractivity contribution in [3.63, 3.8) is 0 Å². The fourth-order valence-electron chi connectivity index (χ4n) is 13.1. The zero-order valence-electron chi connectivity index (χ0n) is 64.1. The van der Waals surface area contributed by atoms with Gasteiger partial charge in [-0.25, -0.2) is 61.2 Å². The summed E-state index contributed by atoms with van der Waals surface area (Å²) in [7, 11) is 12.8. The fourth-order valence-corrected chi connectivity index (χ4v) is 20.6. The Morgan fingerprint density at radius 3 is 0.339 bits per heavy atom. The van der Waals surface area contributed by atoms with Crippen molar-refractivity contribution in [1.82, 2.24) is 116 Å². The van der Waals surface area contributed by atoms with E-state index >= 15 is 0 Å². The maximum atomic E-state index is 4.56. The van der Waals surface area contributed by atoms with Crippen LogP contribution in [-0.2, 0) is 34.1 Å². The molecule has 0 saturated carbocycles. The summed E-state index contributed by atoms with van der Waals surface area (Å²) in [6, 6.07) is 82.3. The Morgan fingerprint density at radius 2 is 0.263 bits per heavy atom. The molecule has 0 aliphatic heterocycles. The van der Waals surface area contributed by atoms with Gasteiger partial charge < -0.3 is 55.1 Å². The van der Waals surface area contributed by atoms with Crippen LogP contribution in [0.4, 0.5) is 0 Å². The van der Waals surface area contributed by atoms with Gasteiger partial charge in [0.1, 0.15) is 0 Å². The summed E-state index contributed by atoms with van der Waals surface area (Å²) in [6.07, 6.45) is 0. The zero-order chi connectivity index (χ0) is 79.8. The molecule has 0 unspecified atom stereocenters. The first-order valence-corrected chi connectivity index (χ1v) is 48.7. The molecular weight excluding hydrogens is 1780 g/mol. The van der Waals surface area contributed by atoms with Crippen molar-refractivity contribution in [3.8, 4) is 0 Å². The summed E-state index contributed by atoms with van der Waals surface area (Å²) in [5, 5.41) is 54.8. The molecule has 24 nitrogen and oxygen atoms in total. The third kappa shape index (κ3) is 21.7. The molecule has 42 heteroatoms. The number of rotatable bonds is 16. The molecule has 0 saturated heterocycles. The molecule has 0 bridgehead atoms. The summed E-state index contributed by atoms with van der Waals surface area (Å²) in [4.78, 5) is 0. The SMILES string of the molecule is Cc1ccccc1.Cc1ccccc1.Cc1ccccc1.Cc1ccccc1.[Fe+2].[Fe+2].c1ccc([B-](n2cpcn2)(n2cpcn2)n2cpcn2)cc1.c1ccc([B-](n2cpcn2)(n2cpcn2)n2cpcn2)cc1.c1ccc([B-](n2cpcn2)(n2cpcn2)n2cpcn2)cc1.c1ccc([B-](n2cpcn2)(n2cpcn2)n2cpcn2)cc1. The van der Waals surface area contributed by atoms with Gasteiger partial charge in [0.2, 0.25) is 0 Å². The zero-order valence-corrected chi connectivity index (χ0v) is 77.0. The van der Waals surface area contributed by atoms with Crippen LogP contribution in [0.5, 0.6) is 0 Å². The Hall–Kier alpha value is -9.26. The Morgan fingerprint density at radius 1 is 0.161 bits per heavy atom. The Kier molecular flexibility index (Phi) is 35.2. The Labute approximate surface area is 725 Å². The van der Waals surface area contributed by atoms with E-state index in [0.717, 1.165) is 120 Å². The van der Waals surface area contributed by atoms with E-state index < -0.39 is 26.2 Å². The standard InChI is InChI=1S/4C12H11BN6P3.4C7H8.2Fe/c4*1-2-4-12(5-3-1)13(17-9-20-6-14-17,18-10-21-7-15-18)19-11-22-8-16-19;4*1-7-5-3-2-4-6-7;;/h4*1-11H;4*2-6H,1H3;;/q4*-1;;;;;2*+2. The average Bonchev–Trinajstić information content (AvgIpc) is 1.54. The third-order valence-electron chi connectivity index (χ3n) is 18.4. The minimum Gasteiger partial charge on any atom is -0.392 e. The van der Waals surface area contributed by atoms with Crippen molar-refractivity contribution in [1.29, 1.82) is 0 Å². The van der Waals surface area contributed by atoms with Crippen LogP contribution in [0.3, 0.4) is 0 Å². The largest absolute Gasteiger partial charge is 2.00 e. The minimum absolute atomic E-state index is 0. The van der Waals surface area contributed by atoms with Crippen LogP contribution in [0.2, 0.25) is 0 Å². The van der Waals surface area contributed by atoms with Crippen molar-refractivity contribution in [3.05, 3.63) is 407 Å². The normalized spacial score (nSPS) is 13.2. The molecular formula is C76H76B4Fe2N24P12. The Bertz CT molecular complexity index is 4820. The van der Waals surface area contributed by atoms with E-state index in [9.17, 15) is 0 Å². The van der Waals surface area contributed by atoms with Gasteiger partial charge in [-0.3, -0.25) is 0 Å². The van der Waals surface area contributed by atoms with E-state index in [-0.39, 0.29) is 34.1 Å². The van der Waals surface area contributed by atoms with E-state index in [1.807, 2.05) is 272 Å². The van der Waals surface area contributed by atoms with Gasteiger partial charge >= 0.3 is 60.3 Å². The molecule has 0 aliphatic rings. The van der Waals surface area contributed by atoms with Gasteiger partial charge in [0.15, 0.2) is 0 Å². The number of aryl methyl sites for hydroxylation is 4. The van der Waals surface area contributed by atoms with Crippen LogP contribution in [0, 0.1) is 27.7 Å². The van der Waals surface area contributed by atoms with Crippen molar-refractivity contribution < 1.29 is 34.1 Å². The molecule has 0 aliphatic carbocycles. The summed E-state index contributed by atoms with van der Waals surface area (Å²) in [5.74, 6) is 47.3. The van der Waals surface area contributed by atoms with E-state index in [1.54, 1.807) is 0 Å². The first kappa shape index (κ1) is 89.5. The van der Waals surface area contributed by atoms with Crippen LogP contribution >= 0.6 is 98.3 Å². The number of benzene rings is 8. The van der Waals surface area contributed by atoms with Crippen LogP contribution in [0.15, 0.2) is 385 Å². The summed E-state index contributed by atoms with van der Waals surface area (Å²) < 4.78 is 23.8. The second kappa shape index (κ2) is 46.3. The third-order valence-corrected chi connectivity index (χ3v) is 25.7. The van der Waals surface area contributed by atoms with Gasteiger partial charge in [0.25, 0.3) is 0 Å². The van der Waals surface area contributed by atoms with E-state index in [2.05, 4.69) is 257 Å². The van der Waals surface area contributed by atoms with Gasteiger partial charge in [0.05, 0.1) is 71.1 Å². The van der Waals surface area contributed by atoms with Gasteiger partial charge in [0, 0.05) is 71.1 Å². The van der Waals surface area contributed by atoms with Crippen LogP contribution < -0.4 is 21.9 Å². The molecule has 0 radical (unpaired) electrons. The van der Waals surface area contributed by atoms with Crippen molar-refractivity contribution in [2.45, 2.75) is 27.7 Å². The van der Waals surface area contributed by atoms with Crippen LogP contribution in [-0.4, -0.2) is 143 Å². The number of nitrogens with zero attached hydrogens (tertiary/aromatic N) is 24. The van der Waals surface area contributed by atoms with Crippen molar-refractivity contribution >= 4 is 146 Å². The monoisotopic (exact) mass is 1850 g/mol. The second-order valence-electron chi connectivity index (χ2n) is 25.7. The Balaban J connectivity index is 0.000000138. The quantitative estimate of drug-likeness (QED) is 0.0826. The van der Waals surface area contributed by atoms with Gasteiger partial charge in [-0.2, -0.15) is 0 Å². The van der Waals surface area contributed by atoms with E-state index in [4.69, 9.17) is 0 Å². The molecule has 0 spiro atoms. The second-order valence-corrected chi connectivity index (χ2v) is 34.8. The van der Waals surface area contributed by atoms with Gasteiger partial charge in [-0.05, 0) is 126 Å². The molecule has 12 aromatic heterocycles. The summed E-state index contributed by atoms with van der Waals surface area (Å²) >= 11 is 0. The smallest absolute Gasteiger partial charge is 0.392 e. The number of hydrogen-bond acceptors (Lipinski definition) is 12. The molecule has 0 fully saturated rings. The molecule has 20 aromatic rings.